The van der Waals surface area contributed by atoms with Gasteiger partial charge in [-0.05, 0) is 207 Å². The minimum atomic E-state index is -0.477. The van der Waals surface area contributed by atoms with Crippen molar-refractivity contribution in [2.45, 2.75) is 25.9 Å². The predicted molar refractivity (Wildman–Crippen MR) is 235 cm³/mol. The van der Waals surface area contributed by atoms with E-state index in [-0.39, 0.29) is 51.2 Å². The maximum absolute atomic E-state index is 2.31. The summed E-state index contributed by atoms with van der Waals surface area (Å²) in [7, 11) is 7.64. The first-order chi connectivity index (χ1) is 26.4. The van der Waals surface area contributed by atoms with Crippen molar-refractivity contribution in [1.29, 1.82) is 0 Å². The summed E-state index contributed by atoms with van der Waals surface area (Å²) in [6.45, 7) is 4.56. The fraction of sp³-hybridized carbons (Fsp3) is 0.160. The van der Waals surface area contributed by atoms with Gasteiger partial charge < -0.3 is 9.80 Å². The average molecular weight is 912 g/mol. The molecule has 0 saturated heterocycles. The molecule has 0 heterocycles. The summed E-state index contributed by atoms with van der Waals surface area (Å²) in [5.74, 6) is 2.89. The Morgan fingerprint density at radius 2 is 0.632 bits per heavy atom. The van der Waals surface area contributed by atoms with Crippen LogP contribution in [0.5, 0.6) is 0 Å². The zero-order chi connectivity index (χ0) is 38.1. The molecule has 0 N–H and O–H groups in total. The van der Waals surface area contributed by atoms with E-state index in [9.17, 15) is 0 Å². The van der Waals surface area contributed by atoms with E-state index in [0.29, 0.717) is 12.1 Å². The third-order valence-corrected chi connectivity index (χ3v) is 14.6. The molecule has 0 aliphatic heterocycles. The van der Waals surface area contributed by atoms with E-state index in [1.807, 2.05) is 64.2 Å². The molecule has 6 fully saturated rings. The molecular formula is C50H54Fe3N2P2+6. The summed E-state index contributed by atoms with van der Waals surface area (Å²) in [5, 5.41) is 2.84. The molecule has 8 rings (SSSR count). The van der Waals surface area contributed by atoms with Gasteiger partial charge in [0, 0.05) is 46.6 Å². The zero-order valence-electron chi connectivity index (χ0n) is 33.6. The van der Waals surface area contributed by atoms with Crippen LogP contribution in [0.2, 0.25) is 0 Å². The molecule has 292 valence electrons. The Morgan fingerprint density at radius 1 is 0.351 bits per heavy atom. The van der Waals surface area contributed by atoms with Gasteiger partial charge in [0.1, 0.15) is 0 Å². The van der Waals surface area contributed by atoms with Gasteiger partial charge in [-0.1, -0.05) is 76.5 Å². The molecule has 4 atom stereocenters. The van der Waals surface area contributed by atoms with Gasteiger partial charge in [0.25, 0.3) is 0 Å². The van der Waals surface area contributed by atoms with E-state index in [2.05, 4.69) is 202 Å². The first-order valence-corrected chi connectivity index (χ1v) is 21.4. The van der Waals surface area contributed by atoms with Crippen LogP contribution in [-0.2, 0) is 51.2 Å². The largest absolute Gasteiger partial charge is 2.00 e. The minimum Gasteiger partial charge on any atom is -0.306 e. The Morgan fingerprint density at radius 3 is 0.895 bits per heavy atom. The number of nitrogens with zero attached hydrogens (tertiary/aromatic N) is 2. The molecule has 6 aliphatic carbocycles. The molecule has 57 heavy (non-hydrogen) atoms. The number of hydrogen-bond acceptors (Lipinski definition) is 2. The fourth-order valence-electron chi connectivity index (χ4n) is 6.20. The van der Waals surface area contributed by atoms with Crippen molar-refractivity contribution < 1.29 is 51.2 Å². The maximum Gasteiger partial charge on any atom is 2.00 e. The zero-order valence-corrected chi connectivity index (χ0v) is 38.7. The summed E-state index contributed by atoms with van der Waals surface area (Å²) in [6.07, 6.45) is 51.2. The van der Waals surface area contributed by atoms with Crippen molar-refractivity contribution in [2.24, 2.45) is 0 Å². The van der Waals surface area contributed by atoms with Gasteiger partial charge in [0.15, 0.2) is 0 Å². The van der Waals surface area contributed by atoms with Crippen LogP contribution >= 0.6 is 15.8 Å². The Bertz CT molecular complexity index is 1140. The van der Waals surface area contributed by atoms with E-state index in [4.69, 9.17) is 0 Å². The maximum atomic E-state index is 2.31. The first-order valence-electron chi connectivity index (χ1n) is 18.7. The van der Waals surface area contributed by atoms with Crippen molar-refractivity contribution in [3.63, 3.8) is 0 Å². The minimum absolute atomic E-state index is 0. The van der Waals surface area contributed by atoms with Crippen LogP contribution in [0.4, 0.5) is 0 Å². The predicted octanol–water partition coefficient (Wildman–Crippen LogP) is 9.71. The molecule has 0 bridgehead atoms. The van der Waals surface area contributed by atoms with Crippen LogP contribution in [0, 0.1) is 189 Å². The molecule has 2 aromatic carbocycles. The van der Waals surface area contributed by atoms with E-state index < -0.39 is 15.8 Å². The summed E-state index contributed by atoms with van der Waals surface area (Å²) in [4.78, 5) is 4.56. The molecular weight excluding hydrogens is 858 g/mol. The Hall–Kier alpha value is 0.778. The molecule has 2 nitrogen and oxygen atoms in total. The SMILES string of the molecule is C[C@H]([C]1[CH][CH][CH][C]1[P@]([C]1[CH][CH][CH][CH]1)c1ccccc1)N(C)C.C[C@H]([C]1[CH][CH][CH][C]1[P@]([C]1[CH][CH][CH][CH]1)c1ccccc1)N(C)C.[CH]1[CH][CH][CH][CH]1.[CH]1[CH][CH][CH][CH]1.[Fe+2].[Fe+2].[Fe+2]. The molecule has 2 aromatic rings. The third kappa shape index (κ3) is 16.8. The van der Waals surface area contributed by atoms with E-state index in [1.165, 1.54) is 45.1 Å². The smallest absolute Gasteiger partial charge is 0.306 e. The molecule has 7 heteroatoms. The summed E-state index contributed by atoms with van der Waals surface area (Å²) >= 11 is 0. The number of hydrogen-bond donors (Lipinski definition) is 0. The van der Waals surface area contributed by atoms with Gasteiger partial charge in [-0.3, -0.25) is 0 Å². The van der Waals surface area contributed by atoms with Crippen molar-refractivity contribution in [3.8, 4) is 0 Å². The summed E-state index contributed by atoms with van der Waals surface area (Å²) in [5.41, 5.74) is 5.82. The van der Waals surface area contributed by atoms with Crippen molar-refractivity contribution in [3.05, 3.63) is 249 Å². The average Bonchev–Trinajstić information content (AvgIpc) is 4.05. The topological polar surface area (TPSA) is 6.48 Å². The van der Waals surface area contributed by atoms with E-state index in [0.717, 1.165) is 0 Å². The standard InChI is InChI=1S/2C20H22NP.2C5H5.3Fe/c2*1-16(21(2)3)19-14-9-15-20(19)22(18-12-7-8-13-18)17-10-5-4-6-11-17;2*1-2-4-5-3-1;;;/h2*4-16H,1-3H3;2*1-5H;;;/q;;;;3*+2/t2*16-,22+;;;;;/m11...../s1. The van der Waals surface area contributed by atoms with E-state index in [1.54, 1.807) is 0 Å². The van der Waals surface area contributed by atoms with Crippen LogP contribution in [0.1, 0.15) is 13.8 Å². The first kappa shape index (κ1) is 53.9. The van der Waals surface area contributed by atoms with Gasteiger partial charge in [-0.15, -0.1) is 0 Å². The monoisotopic (exact) mass is 912 g/mol. The number of rotatable bonds is 10. The van der Waals surface area contributed by atoms with Crippen LogP contribution in [-0.4, -0.2) is 50.1 Å². The third-order valence-electron chi connectivity index (χ3n) is 9.53. The van der Waals surface area contributed by atoms with Crippen molar-refractivity contribution in [2.75, 3.05) is 28.2 Å². The normalized spacial score (nSPS) is 22.9. The van der Waals surface area contributed by atoms with Crippen molar-refractivity contribution in [1.82, 2.24) is 9.80 Å². The van der Waals surface area contributed by atoms with Crippen LogP contribution in [0.25, 0.3) is 0 Å². The van der Waals surface area contributed by atoms with E-state index >= 15 is 0 Å². The Balaban J connectivity index is 0.000000302. The van der Waals surface area contributed by atoms with Gasteiger partial charge in [-0.25, -0.2) is 0 Å². The second-order valence-corrected chi connectivity index (χ2v) is 17.9. The summed E-state index contributed by atoms with van der Waals surface area (Å²) < 4.78 is 0. The fourth-order valence-corrected chi connectivity index (χ4v) is 11.3. The van der Waals surface area contributed by atoms with Crippen LogP contribution in [0.3, 0.4) is 0 Å². The number of benzene rings is 2. The second kappa shape index (κ2) is 30.0. The van der Waals surface area contributed by atoms with Crippen LogP contribution < -0.4 is 10.6 Å². The molecule has 0 unspecified atom stereocenters. The molecule has 0 spiro atoms. The second-order valence-electron chi connectivity index (χ2n) is 13.6. The van der Waals surface area contributed by atoms with Crippen molar-refractivity contribution >= 4 is 26.5 Å². The molecule has 0 amide bonds. The van der Waals surface area contributed by atoms with Gasteiger partial charge >= 0.3 is 51.2 Å². The van der Waals surface area contributed by atoms with Gasteiger partial charge in [0.2, 0.25) is 0 Å². The van der Waals surface area contributed by atoms with Crippen LogP contribution in [0.15, 0.2) is 60.7 Å². The molecule has 30 radical (unpaired) electrons. The molecule has 0 aromatic heterocycles. The molecule has 6 aliphatic rings. The summed E-state index contributed by atoms with van der Waals surface area (Å²) in [6, 6.07) is 22.7. The quantitative estimate of drug-likeness (QED) is 0.173. The van der Waals surface area contributed by atoms with Gasteiger partial charge in [0.05, 0.1) is 0 Å². The Kier molecular flexibility index (Phi) is 28.3. The van der Waals surface area contributed by atoms with Gasteiger partial charge in [-0.2, -0.15) is 0 Å². The Labute approximate surface area is 388 Å². The molecule has 6 saturated carbocycles.